The van der Waals surface area contributed by atoms with Crippen LogP contribution in [0.25, 0.3) is 0 Å². The van der Waals surface area contributed by atoms with Crippen molar-refractivity contribution in [2.45, 2.75) is 0 Å². The van der Waals surface area contributed by atoms with E-state index in [1.54, 1.807) is 0 Å². The van der Waals surface area contributed by atoms with Gasteiger partial charge in [0.05, 0.1) is 0 Å². The first-order valence-electron chi connectivity index (χ1n) is 0.583. The molecule has 0 saturated heterocycles. The molecule has 3 nitrogen and oxygen atoms in total. The molecule has 0 bridgehead atoms. The molecule has 0 saturated carbocycles. The summed E-state index contributed by atoms with van der Waals surface area (Å²) in [6.45, 7) is 0. The molecule has 0 rings (SSSR count). The topological polar surface area (TPSA) is 57.5 Å². The molecule has 0 radical (unpaired) electrons. The van der Waals surface area contributed by atoms with E-state index < -0.39 is 8.25 Å². The molecule has 0 aliphatic heterocycles. The van der Waals surface area contributed by atoms with Crippen LogP contribution in [-0.2, 0) is 4.57 Å². The normalized spacial score (nSPS) is 4.33. The third kappa shape index (κ3) is 62.8. The summed E-state index contributed by atoms with van der Waals surface area (Å²) in [5, 5.41) is 0. The van der Waals surface area contributed by atoms with Crippen LogP contribution in [0.5, 0.6) is 0 Å². The average Bonchev–Trinajstić information content (AvgIpc) is 0.811. The van der Waals surface area contributed by atoms with Crippen LogP contribution in [-0.4, -0.2) is 9.79 Å². The molecule has 0 aliphatic rings. The molecule has 0 unspecified atom stereocenters. The fraction of sp³-hybridized carbons (Fsp3) is 0. The smallest absolute Gasteiger partial charge is 1.00 e. The molecule has 2 N–H and O–H groups in total. The molecule has 6 heavy (non-hydrogen) atoms. The van der Waals surface area contributed by atoms with E-state index in [0.717, 1.165) is 0 Å². The molecule has 28 valence electrons. The van der Waals surface area contributed by atoms with E-state index in [4.69, 9.17) is 14.4 Å². The maximum Gasteiger partial charge on any atom is 1.00 e. The molecule has 0 heterocycles. The van der Waals surface area contributed by atoms with E-state index in [0.29, 0.717) is 0 Å². The van der Waals surface area contributed by atoms with Crippen LogP contribution in [0.4, 0.5) is 0 Å². The van der Waals surface area contributed by atoms with Gasteiger partial charge in [0.2, 0.25) is 0 Å². The Morgan fingerprint density at radius 2 is 1.33 bits per heavy atom. The van der Waals surface area contributed by atoms with Crippen molar-refractivity contribution in [3.05, 3.63) is 0 Å². The van der Waals surface area contributed by atoms with Crippen molar-refractivity contribution in [2.24, 2.45) is 0 Å². The second kappa shape index (κ2) is 9.51. The van der Waals surface area contributed by atoms with Gasteiger partial charge in [0.25, 0.3) is 0 Å². The van der Waals surface area contributed by atoms with Gasteiger partial charge in [-0.1, -0.05) is 0 Å². The molecule has 0 fully saturated rings. The summed E-state index contributed by atoms with van der Waals surface area (Å²) in [5.74, 6) is 0. The van der Waals surface area contributed by atoms with Gasteiger partial charge in [-0.05, 0) is 0 Å². The van der Waals surface area contributed by atoms with Crippen molar-refractivity contribution in [3.8, 4) is 0 Å². The Kier molecular flexibility index (Phi) is 24.9. The summed E-state index contributed by atoms with van der Waals surface area (Å²) < 4.78 is 8.70. The first kappa shape index (κ1) is 15.7. The molecule has 0 aromatic carbocycles. The minimum atomic E-state index is -2.87. The standard InChI is InChI=1S/2Li.HO3P.2H/c;;1-4(2)3;;/h;;(H-,1,2,3);;/q2*+1;;2*-1/p+1. The number of hydrogen-bond donors (Lipinski definition) is 2. The summed E-state index contributed by atoms with van der Waals surface area (Å²) in [7, 11) is -2.87. The second-order valence-electron chi connectivity index (χ2n) is 0.253. The van der Waals surface area contributed by atoms with E-state index in [2.05, 4.69) is 0 Å². The molecule has 0 aromatic rings. The van der Waals surface area contributed by atoms with Crippen LogP contribution in [0.15, 0.2) is 0 Å². The minimum Gasteiger partial charge on any atom is -1.00 e. The Bertz CT molecular complexity index is 38.3. The third-order valence-electron chi connectivity index (χ3n) is 0. The monoisotopic (exact) mass is 97.0 g/mol. The Morgan fingerprint density at radius 1 is 1.33 bits per heavy atom. The minimum absolute atomic E-state index is 0. The van der Waals surface area contributed by atoms with Crippen LogP contribution in [0.2, 0.25) is 0 Å². The van der Waals surface area contributed by atoms with Crippen LogP contribution in [0, 0.1) is 0 Å². The van der Waals surface area contributed by atoms with Gasteiger partial charge in [0.15, 0.2) is 0 Å². The molecule has 0 aliphatic carbocycles. The Balaban J connectivity index is -0.00000000750. The summed E-state index contributed by atoms with van der Waals surface area (Å²) in [5.41, 5.74) is 0. The average molecular weight is 96.9 g/mol. The molecule has 6 heteroatoms. The third-order valence-corrected chi connectivity index (χ3v) is 0. The van der Waals surface area contributed by atoms with Crippen LogP contribution < -0.4 is 37.7 Å². The zero-order valence-corrected chi connectivity index (χ0v) is 4.64. The van der Waals surface area contributed by atoms with Crippen LogP contribution >= 0.6 is 8.25 Å². The van der Waals surface area contributed by atoms with E-state index in [1.807, 2.05) is 0 Å². The van der Waals surface area contributed by atoms with Crippen molar-refractivity contribution >= 4 is 8.25 Å². The number of hydrogen-bond acceptors (Lipinski definition) is 1. The zero-order chi connectivity index (χ0) is 3.58. The summed E-state index contributed by atoms with van der Waals surface area (Å²) in [6.07, 6.45) is 0. The predicted octanol–water partition coefficient (Wildman–Crippen LogP) is -6.14. The molecule has 0 spiro atoms. The molecule has 0 atom stereocenters. The van der Waals surface area contributed by atoms with Gasteiger partial charge in [0, 0.05) is 4.57 Å². The molecular formula is H4Li2O3P+. The molecule has 0 aromatic heterocycles. The Morgan fingerprint density at radius 3 is 1.33 bits per heavy atom. The maximum absolute atomic E-state index is 8.70. The first-order valence-corrected chi connectivity index (χ1v) is 1.75. The quantitative estimate of drug-likeness (QED) is 0.233. The van der Waals surface area contributed by atoms with Gasteiger partial charge in [-0.2, -0.15) is 0 Å². The van der Waals surface area contributed by atoms with Crippen molar-refractivity contribution in [3.63, 3.8) is 0 Å². The van der Waals surface area contributed by atoms with Gasteiger partial charge in [-0.15, -0.1) is 9.79 Å². The fourth-order valence-electron chi connectivity index (χ4n) is 0. The largest absolute Gasteiger partial charge is 1.00 e. The maximum atomic E-state index is 8.70. The van der Waals surface area contributed by atoms with Crippen molar-refractivity contribution in [2.75, 3.05) is 0 Å². The Labute approximate surface area is 63.4 Å². The number of rotatable bonds is 0. The van der Waals surface area contributed by atoms with E-state index in [-0.39, 0.29) is 40.6 Å². The van der Waals surface area contributed by atoms with Gasteiger partial charge >= 0.3 is 46.0 Å². The molecular weight excluding hydrogens is 92.9 g/mol. The van der Waals surface area contributed by atoms with Gasteiger partial charge in [-0.3, -0.25) is 0 Å². The van der Waals surface area contributed by atoms with E-state index >= 15 is 0 Å². The summed E-state index contributed by atoms with van der Waals surface area (Å²) in [6, 6.07) is 0. The van der Waals surface area contributed by atoms with Crippen molar-refractivity contribution < 1.29 is 54.9 Å². The van der Waals surface area contributed by atoms with Crippen LogP contribution in [0.3, 0.4) is 0 Å². The second-order valence-corrected chi connectivity index (χ2v) is 0.758. The van der Waals surface area contributed by atoms with Crippen molar-refractivity contribution in [1.82, 2.24) is 0 Å². The fourth-order valence-corrected chi connectivity index (χ4v) is 0. The van der Waals surface area contributed by atoms with Gasteiger partial charge < -0.3 is 2.85 Å². The zero-order valence-electron chi connectivity index (χ0n) is 5.75. The van der Waals surface area contributed by atoms with E-state index in [1.165, 1.54) is 0 Å². The SMILES string of the molecule is O=[P+](O)O.[H-].[H-].[Li+].[Li+]. The van der Waals surface area contributed by atoms with Gasteiger partial charge in [0.1, 0.15) is 0 Å². The predicted molar refractivity (Wildman–Crippen MR) is 14.3 cm³/mol. The first-order chi connectivity index (χ1) is 1.73. The molecule has 0 amide bonds. The van der Waals surface area contributed by atoms with Gasteiger partial charge in [-0.25, -0.2) is 0 Å². The van der Waals surface area contributed by atoms with Crippen molar-refractivity contribution in [1.29, 1.82) is 0 Å². The van der Waals surface area contributed by atoms with E-state index in [9.17, 15) is 0 Å². The Hall–Kier alpha value is 1.21. The summed E-state index contributed by atoms with van der Waals surface area (Å²) >= 11 is 0. The summed E-state index contributed by atoms with van der Waals surface area (Å²) in [4.78, 5) is 14.2. The van der Waals surface area contributed by atoms with Crippen LogP contribution in [0.1, 0.15) is 2.85 Å².